The number of hydrogen-bond donors (Lipinski definition) is 3. The van der Waals surface area contributed by atoms with Gasteiger partial charge in [0, 0.05) is 33.3 Å². The Morgan fingerprint density at radius 3 is 2.90 bits per heavy atom. The lowest BCUT2D eigenvalue weighted by atomic mass is 10.1. The zero-order valence-electron chi connectivity index (χ0n) is 15.2. The van der Waals surface area contributed by atoms with Gasteiger partial charge in [-0.05, 0) is 23.8 Å². The average Bonchev–Trinajstić information content (AvgIpc) is 3.27. The van der Waals surface area contributed by atoms with Crippen LogP contribution in [-0.2, 0) is 21.2 Å². The molecule has 29 heavy (non-hydrogen) atoms. The Hall–Kier alpha value is -3.31. The molecule has 0 fully saturated rings. The summed E-state index contributed by atoms with van der Waals surface area (Å²) in [5.74, 6) is -0.204. The first-order chi connectivity index (χ1) is 13.9. The summed E-state index contributed by atoms with van der Waals surface area (Å²) < 4.78 is 25.1. The smallest absolute Gasteiger partial charge is 0.229 e. The standard InChI is InChI=1S/C18H16N6O3S2.3H2/c1-29(26,27)24-13-4-2-3-11(7-13)8-14(25)21-15-9-12(10-28-15)16-17-18(23-22-16)20-6-5-19-17;;;/h2-7,9-10,24H,8H2,1H3,(H,21,25)(H,20,22,23);3*1H. The molecule has 0 aliphatic heterocycles. The number of nitrogens with one attached hydrogen (secondary N) is 3. The quantitative estimate of drug-likeness (QED) is 0.427. The third-order valence-corrected chi connectivity index (χ3v) is 5.39. The number of hydrogen-bond acceptors (Lipinski definition) is 7. The number of H-pyrrole nitrogens is 1. The molecule has 1 amide bonds. The molecule has 154 valence electrons. The van der Waals surface area contributed by atoms with Gasteiger partial charge in [0.1, 0.15) is 5.52 Å². The molecule has 0 unspecified atom stereocenters. The van der Waals surface area contributed by atoms with Gasteiger partial charge in [-0.1, -0.05) is 12.1 Å². The van der Waals surface area contributed by atoms with E-state index in [-0.39, 0.29) is 16.6 Å². The number of thiophene rings is 1. The first-order valence-corrected chi connectivity index (χ1v) is 11.2. The lowest BCUT2D eigenvalue weighted by molar-refractivity contribution is -0.115. The van der Waals surface area contributed by atoms with E-state index >= 15 is 0 Å². The summed E-state index contributed by atoms with van der Waals surface area (Å²) in [5.41, 5.74) is 3.91. The van der Waals surface area contributed by atoms with Crippen molar-refractivity contribution < 1.29 is 17.5 Å². The summed E-state index contributed by atoms with van der Waals surface area (Å²) in [7, 11) is -3.37. The molecule has 9 nitrogen and oxygen atoms in total. The fourth-order valence-electron chi connectivity index (χ4n) is 2.81. The Balaban J connectivity index is 0.00000171. The third-order valence-electron chi connectivity index (χ3n) is 3.93. The summed E-state index contributed by atoms with van der Waals surface area (Å²) in [6, 6.07) is 8.57. The Kier molecular flexibility index (Phi) is 4.99. The van der Waals surface area contributed by atoms with Gasteiger partial charge in [0.05, 0.1) is 23.4 Å². The van der Waals surface area contributed by atoms with Gasteiger partial charge in [-0.3, -0.25) is 14.6 Å². The van der Waals surface area contributed by atoms with Crippen LogP contribution >= 0.6 is 11.3 Å². The van der Waals surface area contributed by atoms with E-state index in [0.717, 1.165) is 17.5 Å². The molecule has 0 aliphatic carbocycles. The topological polar surface area (TPSA) is 130 Å². The number of nitrogens with zero attached hydrogens (tertiary/aromatic N) is 3. The molecule has 0 radical (unpaired) electrons. The Morgan fingerprint density at radius 1 is 1.24 bits per heavy atom. The van der Waals surface area contributed by atoms with Crippen LogP contribution < -0.4 is 10.0 Å². The van der Waals surface area contributed by atoms with Gasteiger partial charge in [0.25, 0.3) is 0 Å². The van der Waals surface area contributed by atoms with Crippen LogP contribution in [0, 0.1) is 0 Å². The van der Waals surface area contributed by atoms with Gasteiger partial charge in [-0.15, -0.1) is 11.3 Å². The summed E-state index contributed by atoms with van der Waals surface area (Å²) >= 11 is 1.39. The molecule has 0 aliphatic rings. The largest absolute Gasteiger partial charge is 0.317 e. The van der Waals surface area contributed by atoms with Gasteiger partial charge >= 0.3 is 0 Å². The van der Waals surface area contributed by atoms with Gasteiger partial charge in [-0.25, -0.2) is 18.4 Å². The van der Waals surface area contributed by atoms with Crippen molar-refractivity contribution >= 4 is 49.1 Å². The molecule has 0 saturated heterocycles. The Morgan fingerprint density at radius 2 is 2.07 bits per heavy atom. The summed E-state index contributed by atoms with van der Waals surface area (Å²) in [6.07, 6.45) is 4.37. The second-order valence-electron chi connectivity index (χ2n) is 6.33. The number of carbonyl (C=O) groups excluding carboxylic acids is 1. The molecule has 0 spiro atoms. The van der Waals surface area contributed by atoms with Crippen LogP contribution in [0.5, 0.6) is 0 Å². The number of carbonyl (C=O) groups is 1. The van der Waals surface area contributed by atoms with Crippen LogP contribution in [0.4, 0.5) is 10.7 Å². The summed E-state index contributed by atoms with van der Waals surface area (Å²) in [4.78, 5) is 20.8. The van der Waals surface area contributed by atoms with Crippen molar-refractivity contribution in [2.45, 2.75) is 6.42 Å². The first kappa shape index (κ1) is 19.0. The molecule has 4 aromatic rings. The Labute approximate surface area is 174 Å². The van der Waals surface area contributed by atoms with Crippen molar-refractivity contribution in [3.05, 3.63) is 53.7 Å². The van der Waals surface area contributed by atoms with Crippen LogP contribution in [0.3, 0.4) is 0 Å². The van der Waals surface area contributed by atoms with E-state index in [1.165, 1.54) is 11.3 Å². The minimum atomic E-state index is -3.37. The van der Waals surface area contributed by atoms with Gasteiger partial charge < -0.3 is 5.32 Å². The highest BCUT2D eigenvalue weighted by Gasteiger charge is 2.13. The van der Waals surface area contributed by atoms with E-state index < -0.39 is 10.0 Å². The van der Waals surface area contributed by atoms with E-state index in [2.05, 4.69) is 30.2 Å². The van der Waals surface area contributed by atoms with Crippen LogP contribution in [0.15, 0.2) is 48.1 Å². The van der Waals surface area contributed by atoms with Crippen molar-refractivity contribution in [1.29, 1.82) is 0 Å². The monoisotopic (exact) mass is 434 g/mol. The second-order valence-corrected chi connectivity index (χ2v) is 8.99. The van der Waals surface area contributed by atoms with E-state index in [9.17, 15) is 13.2 Å². The molecule has 3 aromatic heterocycles. The number of fused-ring (bicyclic) bond motifs is 1. The SMILES string of the molecule is CS(=O)(=O)Nc1cccc(CC(=O)Nc2cc(-c3[nH]nc4nccnc34)cs2)c1.[HH].[HH].[HH]. The molecule has 0 saturated carbocycles. The highest BCUT2D eigenvalue weighted by atomic mass is 32.2. The predicted molar refractivity (Wildman–Crippen MR) is 119 cm³/mol. The van der Waals surface area contributed by atoms with Gasteiger partial charge in [-0.2, -0.15) is 5.10 Å². The molecule has 11 heteroatoms. The van der Waals surface area contributed by atoms with Crippen molar-refractivity contribution in [2.75, 3.05) is 16.3 Å². The molecule has 0 bridgehead atoms. The van der Waals surface area contributed by atoms with Crippen LogP contribution in [-0.4, -0.2) is 40.7 Å². The lowest BCUT2D eigenvalue weighted by Crippen LogP contribution is -2.14. The lowest BCUT2D eigenvalue weighted by Gasteiger charge is -2.07. The summed E-state index contributed by atoms with van der Waals surface area (Å²) in [6.45, 7) is 0. The highest BCUT2D eigenvalue weighted by molar-refractivity contribution is 7.92. The molecular weight excluding hydrogens is 412 g/mol. The average molecular weight is 435 g/mol. The van der Waals surface area contributed by atoms with E-state index in [0.29, 0.717) is 27.4 Å². The van der Waals surface area contributed by atoms with Crippen LogP contribution in [0.25, 0.3) is 22.4 Å². The van der Waals surface area contributed by atoms with Gasteiger partial charge in [0.2, 0.25) is 15.9 Å². The number of aromatic nitrogens is 4. The van der Waals surface area contributed by atoms with Crippen molar-refractivity contribution in [3.8, 4) is 11.3 Å². The van der Waals surface area contributed by atoms with Crippen LogP contribution in [0.2, 0.25) is 0 Å². The minimum absolute atomic E-state index is 0. The zero-order valence-corrected chi connectivity index (χ0v) is 16.8. The maximum absolute atomic E-state index is 12.4. The summed E-state index contributed by atoms with van der Waals surface area (Å²) in [5, 5.41) is 12.5. The molecule has 3 N–H and O–H groups in total. The van der Waals surface area contributed by atoms with E-state index in [1.807, 2.05) is 11.4 Å². The maximum atomic E-state index is 12.4. The number of amides is 1. The molecule has 0 atom stereocenters. The van der Waals surface area contributed by atoms with Crippen molar-refractivity contribution in [1.82, 2.24) is 20.2 Å². The zero-order chi connectivity index (χ0) is 20.4. The first-order valence-electron chi connectivity index (χ1n) is 8.48. The van der Waals surface area contributed by atoms with E-state index in [4.69, 9.17) is 0 Å². The molecule has 1 aromatic carbocycles. The maximum Gasteiger partial charge on any atom is 0.229 e. The minimum Gasteiger partial charge on any atom is -0.317 e. The molecular formula is C18H22N6O3S2. The molecule has 3 heterocycles. The fraction of sp³-hybridized carbons (Fsp3) is 0.111. The number of aromatic amines is 1. The van der Waals surface area contributed by atoms with Crippen LogP contribution in [0.1, 0.15) is 9.84 Å². The second kappa shape index (κ2) is 7.60. The number of rotatable bonds is 6. The third kappa shape index (κ3) is 4.58. The number of benzene rings is 1. The van der Waals surface area contributed by atoms with Crippen molar-refractivity contribution in [2.24, 2.45) is 0 Å². The number of sulfonamides is 1. The molecule has 4 rings (SSSR count). The number of anilines is 2. The van der Waals surface area contributed by atoms with Gasteiger partial charge in [0.15, 0.2) is 5.65 Å². The highest BCUT2D eigenvalue weighted by Crippen LogP contribution is 2.31. The normalized spacial score (nSPS) is 11.5. The predicted octanol–water partition coefficient (Wildman–Crippen LogP) is 3.37. The fourth-order valence-corrected chi connectivity index (χ4v) is 4.17. The van der Waals surface area contributed by atoms with E-state index in [1.54, 1.807) is 36.7 Å². The Bertz CT molecular complexity index is 1310. The van der Waals surface area contributed by atoms with Crippen molar-refractivity contribution in [3.63, 3.8) is 0 Å².